The quantitative estimate of drug-likeness (QED) is 0.573. The van der Waals surface area contributed by atoms with Crippen LogP contribution in [0.5, 0.6) is 0 Å². The highest BCUT2D eigenvalue weighted by Crippen LogP contribution is 2.42. The van der Waals surface area contributed by atoms with Crippen molar-refractivity contribution in [1.82, 2.24) is 4.57 Å². The minimum absolute atomic E-state index is 0.0755. The zero-order valence-corrected chi connectivity index (χ0v) is 16.3. The number of nitrogens with two attached hydrogens (primary N) is 1. The van der Waals surface area contributed by atoms with E-state index in [-0.39, 0.29) is 22.9 Å². The Labute approximate surface area is 167 Å². The fourth-order valence-corrected chi connectivity index (χ4v) is 4.41. The Morgan fingerprint density at radius 2 is 1.93 bits per heavy atom. The molecule has 0 unspecified atom stereocenters. The molecule has 0 bridgehead atoms. The molecule has 1 heterocycles. The minimum atomic E-state index is -0.549. The van der Waals surface area contributed by atoms with Gasteiger partial charge in [-0.3, -0.25) is 0 Å². The van der Waals surface area contributed by atoms with Crippen LogP contribution in [0.2, 0.25) is 5.02 Å². The Kier molecular flexibility index (Phi) is 4.78. The predicted octanol–water partition coefficient (Wildman–Crippen LogP) is 5.34. The molecule has 1 aliphatic carbocycles. The van der Waals surface area contributed by atoms with Gasteiger partial charge in [-0.05, 0) is 62.4 Å². The molecule has 4 nitrogen and oxygen atoms in total. The average Bonchev–Trinajstić information content (AvgIpc) is 3.04. The number of nitriles is 1. The molecule has 0 atom stereocenters. The van der Waals surface area contributed by atoms with Gasteiger partial charge in [-0.1, -0.05) is 11.6 Å². The maximum Gasteiger partial charge on any atom is 0.147 e. The molecule has 4 rings (SSSR count). The van der Waals surface area contributed by atoms with Gasteiger partial charge in [-0.15, -0.1) is 0 Å². The molecule has 6 heteroatoms. The second kappa shape index (κ2) is 7.12. The Hall–Kier alpha value is -2.55. The third-order valence-electron chi connectivity index (χ3n) is 5.78. The molecule has 144 valence electrons. The summed E-state index contributed by atoms with van der Waals surface area (Å²) >= 11 is 6.38. The minimum Gasteiger partial charge on any atom is -0.395 e. The van der Waals surface area contributed by atoms with Crippen molar-refractivity contribution < 1.29 is 9.50 Å². The van der Waals surface area contributed by atoms with Crippen LogP contribution in [-0.4, -0.2) is 15.8 Å². The zero-order chi connectivity index (χ0) is 20.0. The van der Waals surface area contributed by atoms with Crippen LogP contribution in [0.3, 0.4) is 0 Å². The van der Waals surface area contributed by atoms with E-state index in [1.807, 2.05) is 25.3 Å². The van der Waals surface area contributed by atoms with E-state index in [1.54, 1.807) is 6.07 Å². The SMILES string of the molecule is Cc1cc2c(cc1C#N)c(-c1ccc(F)c(N)c1Cl)cn2C1CCC(O)CC1. The molecule has 0 radical (unpaired) electrons. The van der Waals surface area contributed by atoms with Gasteiger partial charge in [0.05, 0.1) is 28.4 Å². The largest absolute Gasteiger partial charge is 0.395 e. The Morgan fingerprint density at radius 3 is 2.61 bits per heavy atom. The van der Waals surface area contributed by atoms with Crippen LogP contribution in [0, 0.1) is 24.1 Å². The second-order valence-electron chi connectivity index (χ2n) is 7.53. The topological polar surface area (TPSA) is 75.0 Å². The molecule has 1 aliphatic rings. The van der Waals surface area contributed by atoms with Gasteiger partial charge >= 0.3 is 0 Å². The highest BCUT2D eigenvalue weighted by molar-refractivity contribution is 6.36. The number of hydrogen-bond acceptors (Lipinski definition) is 3. The lowest BCUT2D eigenvalue weighted by molar-refractivity contribution is 0.111. The highest BCUT2D eigenvalue weighted by Gasteiger charge is 2.24. The van der Waals surface area contributed by atoms with E-state index in [4.69, 9.17) is 17.3 Å². The lowest BCUT2D eigenvalue weighted by Crippen LogP contribution is -2.20. The number of nitrogens with zero attached hydrogens (tertiary/aromatic N) is 2. The molecule has 1 saturated carbocycles. The average molecular weight is 398 g/mol. The van der Waals surface area contributed by atoms with E-state index < -0.39 is 5.82 Å². The van der Waals surface area contributed by atoms with E-state index >= 15 is 0 Å². The second-order valence-corrected chi connectivity index (χ2v) is 7.91. The Balaban J connectivity index is 1.96. The van der Waals surface area contributed by atoms with Crippen molar-refractivity contribution >= 4 is 28.2 Å². The number of benzene rings is 2. The number of rotatable bonds is 2. The molecule has 1 aromatic heterocycles. The van der Waals surface area contributed by atoms with Gasteiger partial charge in [-0.2, -0.15) is 5.26 Å². The fourth-order valence-electron chi connectivity index (χ4n) is 4.15. The molecule has 28 heavy (non-hydrogen) atoms. The number of halogens is 2. The lowest BCUT2D eigenvalue weighted by atomic mass is 9.93. The first-order valence-electron chi connectivity index (χ1n) is 9.38. The van der Waals surface area contributed by atoms with Crippen LogP contribution in [0.4, 0.5) is 10.1 Å². The first-order chi connectivity index (χ1) is 13.4. The van der Waals surface area contributed by atoms with Crippen molar-refractivity contribution in [2.45, 2.75) is 44.8 Å². The monoisotopic (exact) mass is 397 g/mol. The van der Waals surface area contributed by atoms with Crippen LogP contribution in [0.1, 0.15) is 42.9 Å². The number of aryl methyl sites for hydroxylation is 1. The van der Waals surface area contributed by atoms with Gasteiger partial charge in [0.15, 0.2) is 0 Å². The van der Waals surface area contributed by atoms with Crippen molar-refractivity contribution in [2.24, 2.45) is 0 Å². The molecule has 1 fully saturated rings. The number of fused-ring (bicyclic) bond motifs is 1. The van der Waals surface area contributed by atoms with Crippen LogP contribution < -0.4 is 5.73 Å². The third-order valence-corrected chi connectivity index (χ3v) is 6.18. The molecular weight excluding hydrogens is 377 g/mol. The van der Waals surface area contributed by atoms with E-state index in [9.17, 15) is 14.8 Å². The van der Waals surface area contributed by atoms with Gasteiger partial charge in [0.25, 0.3) is 0 Å². The van der Waals surface area contributed by atoms with Gasteiger partial charge < -0.3 is 15.4 Å². The van der Waals surface area contributed by atoms with Gasteiger partial charge in [0.1, 0.15) is 5.82 Å². The van der Waals surface area contributed by atoms with Crippen LogP contribution >= 0.6 is 11.6 Å². The smallest absolute Gasteiger partial charge is 0.147 e. The van der Waals surface area contributed by atoms with Crippen LogP contribution in [0.15, 0.2) is 30.5 Å². The Bertz CT molecular complexity index is 1110. The summed E-state index contributed by atoms with van der Waals surface area (Å²) in [6.45, 7) is 1.92. The molecule has 0 aliphatic heterocycles. The summed E-state index contributed by atoms with van der Waals surface area (Å²) in [4.78, 5) is 0. The molecule has 0 saturated heterocycles. The maximum atomic E-state index is 13.8. The zero-order valence-electron chi connectivity index (χ0n) is 15.5. The normalized spacial score (nSPS) is 19.7. The number of aliphatic hydroxyl groups excluding tert-OH is 1. The number of aromatic nitrogens is 1. The van der Waals surface area contributed by atoms with Crippen LogP contribution in [0.25, 0.3) is 22.0 Å². The van der Waals surface area contributed by atoms with Gasteiger partial charge in [-0.25, -0.2) is 4.39 Å². The fraction of sp³-hybridized carbons (Fsp3) is 0.318. The highest BCUT2D eigenvalue weighted by atomic mass is 35.5. The summed E-state index contributed by atoms with van der Waals surface area (Å²) in [6.07, 6.45) is 5.06. The van der Waals surface area contributed by atoms with Crippen molar-refractivity contribution in [3.05, 3.63) is 52.4 Å². The van der Waals surface area contributed by atoms with Crippen molar-refractivity contribution in [3.8, 4) is 17.2 Å². The summed E-state index contributed by atoms with van der Waals surface area (Å²) < 4.78 is 16.0. The molecule has 0 amide bonds. The first-order valence-corrected chi connectivity index (χ1v) is 9.75. The molecular formula is C22H21ClFN3O. The first kappa shape index (κ1) is 18.8. The lowest BCUT2D eigenvalue weighted by Gasteiger charge is -2.27. The summed E-state index contributed by atoms with van der Waals surface area (Å²) in [7, 11) is 0. The van der Waals surface area contributed by atoms with E-state index in [2.05, 4.69) is 10.6 Å². The van der Waals surface area contributed by atoms with Crippen molar-refractivity contribution in [3.63, 3.8) is 0 Å². The van der Waals surface area contributed by atoms with Crippen molar-refractivity contribution in [1.29, 1.82) is 5.26 Å². The van der Waals surface area contributed by atoms with E-state index in [1.165, 1.54) is 6.07 Å². The molecule has 0 spiro atoms. The third kappa shape index (κ3) is 3.03. The summed E-state index contributed by atoms with van der Waals surface area (Å²) in [5.41, 5.74) is 9.72. The van der Waals surface area contributed by atoms with Gasteiger partial charge in [0, 0.05) is 34.3 Å². The van der Waals surface area contributed by atoms with Gasteiger partial charge in [0.2, 0.25) is 0 Å². The Morgan fingerprint density at radius 1 is 1.21 bits per heavy atom. The van der Waals surface area contributed by atoms with Crippen LogP contribution in [-0.2, 0) is 0 Å². The number of nitrogen functional groups attached to an aromatic ring is 1. The summed E-state index contributed by atoms with van der Waals surface area (Å²) in [5, 5.41) is 20.4. The number of anilines is 1. The predicted molar refractivity (Wildman–Crippen MR) is 110 cm³/mol. The standard InChI is InChI=1S/C22H21ClFN3O/c1-12-8-20-17(9-13(12)10-25)18(16-6-7-19(24)22(26)21(16)23)11-27(20)14-2-4-15(28)5-3-14/h6-9,11,14-15,28H,2-5,26H2,1H3. The van der Waals surface area contributed by atoms with E-state index in [0.717, 1.165) is 47.7 Å². The molecule has 2 aromatic carbocycles. The summed E-state index contributed by atoms with van der Waals surface area (Å²) in [6, 6.07) is 9.32. The van der Waals surface area contributed by atoms with Crippen molar-refractivity contribution in [2.75, 3.05) is 5.73 Å². The summed E-state index contributed by atoms with van der Waals surface area (Å²) in [5.74, 6) is -0.549. The molecule has 3 aromatic rings. The molecule has 3 N–H and O–H groups in total. The number of hydrogen-bond donors (Lipinski definition) is 2. The maximum absolute atomic E-state index is 13.8. The van der Waals surface area contributed by atoms with E-state index in [0.29, 0.717) is 11.1 Å². The number of aliphatic hydroxyl groups is 1.